The van der Waals surface area contributed by atoms with Crippen molar-refractivity contribution in [1.29, 1.82) is 0 Å². The van der Waals surface area contributed by atoms with Crippen LogP contribution in [0.5, 0.6) is 0 Å². The molecule has 5 fully saturated rings. The second-order valence-corrected chi connectivity index (χ2v) is 9.42. The summed E-state index contributed by atoms with van der Waals surface area (Å²) in [7, 11) is 1.58. The summed E-state index contributed by atoms with van der Waals surface area (Å²) in [6.07, 6.45) is 6.15. The highest BCUT2D eigenvalue weighted by Gasteiger charge is 2.84. The Balaban J connectivity index is 1.46. The van der Waals surface area contributed by atoms with Crippen molar-refractivity contribution in [3.8, 4) is 0 Å². The second-order valence-electron chi connectivity index (χ2n) is 9.42. The minimum Gasteiger partial charge on any atom is -0.492 e. The fourth-order valence-corrected chi connectivity index (χ4v) is 7.64. The topological polar surface area (TPSA) is 57.2 Å². The Morgan fingerprint density at radius 2 is 2.18 bits per heavy atom. The van der Waals surface area contributed by atoms with E-state index in [1.54, 1.807) is 14.0 Å². The maximum Gasteiger partial charge on any atom is 0.343 e. The molecule has 0 N–H and O–H groups in total. The normalized spacial score (nSPS) is 52.5. The highest BCUT2D eigenvalue weighted by Crippen LogP contribution is 2.73. The van der Waals surface area contributed by atoms with Crippen molar-refractivity contribution in [2.45, 2.75) is 76.3 Å². The van der Waals surface area contributed by atoms with Crippen LogP contribution in [-0.4, -0.2) is 48.0 Å². The summed E-state index contributed by atoms with van der Waals surface area (Å²) in [5.41, 5.74) is 0.659. The van der Waals surface area contributed by atoms with E-state index in [1.165, 1.54) is 19.3 Å². The van der Waals surface area contributed by atoms with E-state index in [1.807, 2.05) is 0 Å². The van der Waals surface area contributed by atoms with Crippen LogP contribution in [0.25, 0.3) is 0 Å². The van der Waals surface area contributed by atoms with Crippen LogP contribution in [0.2, 0.25) is 0 Å². The molecule has 6 aliphatic rings. The van der Waals surface area contributed by atoms with Gasteiger partial charge in [0.2, 0.25) is 11.5 Å². The Bertz CT molecular complexity index is 833. The number of carbonyl (C=O) groups is 1. The molecule has 28 heavy (non-hydrogen) atoms. The molecule has 5 saturated heterocycles. The zero-order chi connectivity index (χ0) is 19.4. The largest absolute Gasteiger partial charge is 0.492 e. The lowest BCUT2D eigenvalue weighted by Gasteiger charge is -2.48. The number of methoxy groups -OCH3 is 1. The molecule has 6 rings (SSSR count). The van der Waals surface area contributed by atoms with Crippen LogP contribution in [-0.2, 0) is 23.7 Å². The van der Waals surface area contributed by atoms with Gasteiger partial charge in [0, 0.05) is 17.9 Å². The van der Waals surface area contributed by atoms with Gasteiger partial charge < -0.3 is 18.9 Å². The van der Waals surface area contributed by atoms with E-state index >= 15 is 0 Å². The zero-order valence-corrected chi connectivity index (χ0v) is 17.1. The molecule has 8 atom stereocenters. The fraction of sp³-hybridized carbons (Fsp3) is 0.773. The van der Waals surface area contributed by atoms with Gasteiger partial charge in [-0.1, -0.05) is 26.7 Å². The molecule has 0 aromatic heterocycles. The number of piperidine rings is 1. The van der Waals surface area contributed by atoms with E-state index < -0.39 is 5.79 Å². The highest BCUT2D eigenvalue weighted by molar-refractivity contribution is 5.93. The molecule has 6 heterocycles. The van der Waals surface area contributed by atoms with Gasteiger partial charge in [0.05, 0.1) is 30.2 Å². The maximum absolute atomic E-state index is 12.2. The van der Waals surface area contributed by atoms with Gasteiger partial charge in [-0.15, -0.1) is 0 Å². The number of allylic oxidation sites excluding steroid dienone is 1. The summed E-state index contributed by atoms with van der Waals surface area (Å²) < 4.78 is 24.7. The number of rotatable bonds is 4. The molecule has 1 unspecified atom stereocenters. The van der Waals surface area contributed by atoms with Crippen LogP contribution in [0, 0.1) is 17.8 Å². The lowest BCUT2D eigenvalue weighted by molar-refractivity contribution is -0.256. The average Bonchev–Trinajstić information content (AvgIpc) is 3.38. The second kappa shape index (κ2) is 5.33. The Kier molecular flexibility index (Phi) is 3.30. The Morgan fingerprint density at radius 3 is 2.93 bits per heavy atom. The van der Waals surface area contributed by atoms with Crippen LogP contribution >= 0.6 is 0 Å². The number of esters is 1. The van der Waals surface area contributed by atoms with E-state index in [2.05, 4.69) is 18.7 Å². The summed E-state index contributed by atoms with van der Waals surface area (Å²) in [6, 6.07) is 0.496. The average molecular weight is 387 g/mol. The van der Waals surface area contributed by atoms with Gasteiger partial charge in [-0.25, -0.2) is 4.79 Å². The summed E-state index contributed by atoms with van der Waals surface area (Å²) in [5.74, 6) is 1.64. The molecule has 152 valence electrons. The molecule has 0 aromatic carbocycles. The van der Waals surface area contributed by atoms with Gasteiger partial charge in [0.1, 0.15) is 5.76 Å². The standard InChI is InChI=1S/C22H29NO5/c1-5-6-8-21-14-7-9-23(21)13-10-15(21)27-22(14)16(13)11(2)18(28-22)19-17(25-4)12(3)20(24)26-19/h11,13-16H,5-10H2,1-4H3/b19-18-/t11-,13-,14+,15-,16+,21-,22+/m0/s1. The molecule has 0 aromatic rings. The van der Waals surface area contributed by atoms with Gasteiger partial charge >= 0.3 is 5.97 Å². The number of nitrogens with zero attached hydrogens (tertiary/aromatic N) is 1. The minimum atomic E-state index is -0.558. The summed E-state index contributed by atoms with van der Waals surface area (Å²) in [6.45, 7) is 7.37. The lowest BCUT2D eigenvalue weighted by atomic mass is 9.69. The first-order chi connectivity index (χ1) is 13.5. The number of fused-ring (bicyclic) bond motifs is 1. The van der Waals surface area contributed by atoms with E-state index in [0.717, 1.165) is 25.1 Å². The van der Waals surface area contributed by atoms with E-state index in [9.17, 15) is 4.79 Å². The van der Waals surface area contributed by atoms with Crippen LogP contribution in [0.3, 0.4) is 0 Å². The molecular weight excluding hydrogens is 358 g/mol. The van der Waals surface area contributed by atoms with Crippen molar-refractivity contribution in [2.24, 2.45) is 17.8 Å². The summed E-state index contributed by atoms with van der Waals surface area (Å²) in [5, 5.41) is 0. The smallest absolute Gasteiger partial charge is 0.343 e. The van der Waals surface area contributed by atoms with Crippen molar-refractivity contribution in [2.75, 3.05) is 13.7 Å². The zero-order valence-electron chi connectivity index (χ0n) is 17.1. The van der Waals surface area contributed by atoms with Crippen molar-refractivity contribution < 1.29 is 23.7 Å². The summed E-state index contributed by atoms with van der Waals surface area (Å²) in [4.78, 5) is 14.9. The Morgan fingerprint density at radius 1 is 1.36 bits per heavy atom. The number of hydrogen-bond donors (Lipinski definition) is 0. The highest BCUT2D eigenvalue weighted by atomic mass is 16.7. The molecule has 6 heteroatoms. The first-order valence-electron chi connectivity index (χ1n) is 10.8. The quantitative estimate of drug-likeness (QED) is 0.691. The number of hydrogen-bond acceptors (Lipinski definition) is 6. The minimum absolute atomic E-state index is 0.134. The molecule has 0 aliphatic carbocycles. The van der Waals surface area contributed by atoms with Gasteiger partial charge in [-0.05, 0) is 32.7 Å². The predicted octanol–water partition coefficient (Wildman–Crippen LogP) is 3.09. The maximum atomic E-state index is 12.2. The summed E-state index contributed by atoms with van der Waals surface area (Å²) >= 11 is 0. The molecule has 0 saturated carbocycles. The molecule has 5 bridgehead atoms. The fourth-order valence-electron chi connectivity index (χ4n) is 7.64. The van der Waals surface area contributed by atoms with Crippen LogP contribution in [0.1, 0.15) is 52.9 Å². The molecule has 0 amide bonds. The van der Waals surface area contributed by atoms with Gasteiger partial charge in [0.25, 0.3) is 0 Å². The van der Waals surface area contributed by atoms with E-state index in [4.69, 9.17) is 18.9 Å². The first-order valence-corrected chi connectivity index (χ1v) is 10.8. The third kappa shape index (κ3) is 1.65. The van der Waals surface area contributed by atoms with Gasteiger partial charge in [-0.3, -0.25) is 4.90 Å². The molecule has 1 spiro atoms. The molecular formula is C22H29NO5. The molecule has 6 nitrogen and oxygen atoms in total. The number of cyclic esters (lactones) is 1. The van der Waals surface area contributed by atoms with Gasteiger partial charge in [0.15, 0.2) is 5.76 Å². The van der Waals surface area contributed by atoms with Gasteiger partial charge in [-0.2, -0.15) is 0 Å². The van der Waals surface area contributed by atoms with Crippen LogP contribution in [0.15, 0.2) is 22.9 Å². The van der Waals surface area contributed by atoms with E-state index in [-0.39, 0.29) is 29.4 Å². The van der Waals surface area contributed by atoms with Crippen LogP contribution < -0.4 is 0 Å². The number of carbonyl (C=O) groups excluding carboxylic acids is 1. The van der Waals surface area contributed by atoms with Crippen molar-refractivity contribution >= 4 is 5.97 Å². The number of unbranched alkanes of at least 4 members (excludes halogenated alkanes) is 1. The van der Waals surface area contributed by atoms with Crippen LogP contribution in [0.4, 0.5) is 0 Å². The third-order valence-corrected chi connectivity index (χ3v) is 8.53. The molecule has 0 radical (unpaired) electrons. The van der Waals surface area contributed by atoms with Crippen molar-refractivity contribution in [3.05, 3.63) is 22.9 Å². The Hall–Kier alpha value is -1.53. The third-order valence-electron chi connectivity index (χ3n) is 8.53. The molecule has 6 aliphatic heterocycles. The lowest BCUT2D eigenvalue weighted by Crippen LogP contribution is -2.61. The Labute approximate surface area is 165 Å². The van der Waals surface area contributed by atoms with Crippen molar-refractivity contribution in [1.82, 2.24) is 4.90 Å². The first kappa shape index (κ1) is 17.3. The number of ether oxygens (including phenoxy) is 4. The monoisotopic (exact) mass is 387 g/mol. The predicted molar refractivity (Wildman–Crippen MR) is 99.6 cm³/mol. The van der Waals surface area contributed by atoms with Crippen molar-refractivity contribution in [3.63, 3.8) is 0 Å². The van der Waals surface area contributed by atoms with E-state index in [0.29, 0.717) is 29.1 Å². The SMILES string of the molecule is CCCC[C@@]12[C@@H]3C[C@H]4[C@H]5[C@H](C)/C(=C6/OC(=O)C(C)=C6OC)O[C@]5(O3)[C@@H]1CCN42.